The van der Waals surface area contributed by atoms with Gasteiger partial charge in [-0.25, -0.2) is 0 Å². The zero-order valence-corrected chi connectivity index (χ0v) is 17.7. The number of aliphatic hydroxyl groups excluding tert-OH is 7. The molecule has 2 saturated heterocycles. The van der Waals surface area contributed by atoms with Crippen molar-refractivity contribution in [1.29, 1.82) is 0 Å². The zero-order chi connectivity index (χ0) is 24.1. The van der Waals surface area contributed by atoms with Gasteiger partial charge in [-0.05, 0) is 5.56 Å². The van der Waals surface area contributed by atoms with Crippen LogP contribution in [0.4, 0.5) is 0 Å². The molecule has 3 rings (SSSR count). The number of carbonyl (C=O) groups is 1. The lowest BCUT2D eigenvalue weighted by atomic mass is 9.88. The van der Waals surface area contributed by atoms with Crippen molar-refractivity contribution in [2.75, 3.05) is 13.2 Å². The fourth-order valence-corrected chi connectivity index (χ4v) is 3.85. The van der Waals surface area contributed by atoms with E-state index in [0.29, 0.717) is 0 Å². The molecule has 0 aliphatic carbocycles. The Bertz CT molecular complexity index is 746. The first kappa shape index (κ1) is 25.9. The Kier molecular flexibility index (Phi) is 9.12. The molecule has 10 atom stereocenters. The molecule has 0 spiro atoms. The standard InChI is InChI=1S/C21H30O12/c22-7-12-16(26)17(27)18(28)21(32-12)33-19-13(8-23)31-20(29)11(15(19)25)6-14(24)30-9-10-4-2-1-3-5-10/h1-5,11-13,15-23,25-29H,6-9H2/t11?,12?,13?,15-,16+,17+,18?,19-,20?,21+/m1/s1. The number of carbonyl (C=O) groups excluding carboxylic acids is 1. The maximum Gasteiger partial charge on any atom is 0.306 e. The first-order chi connectivity index (χ1) is 15.8. The lowest BCUT2D eigenvalue weighted by molar-refractivity contribution is -0.350. The molecule has 0 radical (unpaired) electrons. The molecule has 1 aromatic carbocycles. The highest BCUT2D eigenvalue weighted by Crippen LogP contribution is 2.32. The number of benzene rings is 1. The van der Waals surface area contributed by atoms with Crippen LogP contribution in [0, 0.1) is 5.92 Å². The molecular formula is C21H30O12. The molecule has 0 aromatic heterocycles. The normalized spacial score (nSPS) is 39.2. The summed E-state index contributed by atoms with van der Waals surface area (Å²) in [6.45, 7) is -1.39. The molecule has 0 amide bonds. The van der Waals surface area contributed by atoms with Gasteiger partial charge in [-0.15, -0.1) is 0 Å². The molecule has 5 unspecified atom stereocenters. The van der Waals surface area contributed by atoms with Crippen LogP contribution in [-0.4, -0.2) is 110 Å². The number of rotatable bonds is 8. The first-order valence-corrected chi connectivity index (χ1v) is 10.5. The van der Waals surface area contributed by atoms with Gasteiger partial charge in [0.2, 0.25) is 0 Å². The maximum atomic E-state index is 12.3. The van der Waals surface area contributed by atoms with Crippen LogP contribution in [0.5, 0.6) is 0 Å². The van der Waals surface area contributed by atoms with E-state index >= 15 is 0 Å². The molecule has 12 heteroatoms. The van der Waals surface area contributed by atoms with Gasteiger partial charge in [-0.2, -0.15) is 0 Å². The summed E-state index contributed by atoms with van der Waals surface area (Å²) in [6.07, 6.45) is -14.2. The van der Waals surface area contributed by atoms with Crippen LogP contribution in [0.15, 0.2) is 30.3 Å². The smallest absolute Gasteiger partial charge is 0.306 e. The second-order valence-corrected chi connectivity index (χ2v) is 8.05. The summed E-state index contributed by atoms with van der Waals surface area (Å²) in [5.41, 5.74) is 0.746. The second kappa shape index (κ2) is 11.6. The van der Waals surface area contributed by atoms with Crippen LogP contribution in [0.25, 0.3) is 0 Å². The average molecular weight is 474 g/mol. The molecule has 0 saturated carbocycles. The Balaban J connectivity index is 1.66. The van der Waals surface area contributed by atoms with E-state index in [1.165, 1.54) is 0 Å². The molecular weight excluding hydrogens is 444 g/mol. The van der Waals surface area contributed by atoms with Crippen molar-refractivity contribution in [3.63, 3.8) is 0 Å². The predicted molar refractivity (Wildman–Crippen MR) is 107 cm³/mol. The quantitative estimate of drug-likeness (QED) is 0.189. The van der Waals surface area contributed by atoms with Gasteiger partial charge < -0.3 is 54.7 Å². The number of hydrogen-bond acceptors (Lipinski definition) is 12. The third kappa shape index (κ3) is 6.05. The summed E-state index contributed by atoms with van der Waals surface area (Å²) in [5, 5.41) is 70.0. The highest BCUT2D eigenvalue weighted by Gasteiger charge is 2.50. The van der Waals surface area contributed by atoms with Crippen molar-refractivity contribution in [3.05, 3.63) is 35.9 Å². The number of ether oxygens (including phenoxy) is 4. The van der Waals surface area contributed by atoms with E-state index in [9.17, 15) is 40.5 Å². The van der Waals surface area contributed by atoms with E-state index in [2.05, 4.69) is 0 Å². The molecule has 12 nitrogen and oxygen atoms in total. The minimum absolute atomic E-state index is 0.0104. The van der Waals surface area contributed by atoms with Crippen LogP contribution in [-0.2, 0) is 30.3 Å². The monoisotopic (exact) mass is 474 g/mol. The average Bonchev–Trinajstić information content (AvgIpc) is 2.82. The predicted octanol–water partition coefficient (Wildman–Crippen LogP) is -3.01. The highest BCUT2D eigenvalue weighted by molar-refractivity contribution is 5.69. The highest BCUT2D eigenvalue weighted by atomic mass is 16.7. The molecule has 2 aliphatic rings. The fraction of sp³-hybridized carbons (Fsp3) is 0.667. The van der Waals surface area contributed by atoms with Crippen LogP contribution in [0.3, 0.4) is 0 Å². The van der Waals surface area contributed by atoms with Crippen molar-refractivity contribution < 1.29 is 59.5 Å². The van der Waals surface area contributed by atoms with Crippen molar-refractivity contribution in [1.82, 2.24) is 0 Å². The van der Waals surface area contributed by atoms with Gasteiger partial charge in [0, 0.05) is 5.92 Å². The van der Waals surface area contributed by atoms with E-state index in [1.54, 1.807) is 24.3 Å². The minimum atomic E-state index is -1.75. The molecule has 1 aromatic rings. The molecule has 2 fully saturated rings. The van der Waals surface area contributed by atoms with Gasteiger partial charge in [0.15, 0.2) is 12.6 Å². The van der Waals surface area contributed by atoms with E-state index in [4.69, 9.17) is 18.9 Å². The van der Waals surface area contributed by atoms with Gasteiger partial charge in [-0.3, -0.25) is 4.79 Å². The van der Waals surface area contributed by atoms with Crippen LogP contribution in [0.2, 0.25) is 0 Å². The summed E-state index contributed by atoms with van der Waals surface area (Å²) in [7, 11) is 0. The largest absolute Gasteiger partial charge is 0.461 e. The van der Waals surface area contributed by atoms with Gasteiger partial charge >= 0.3 is 5.97 Å². The SMILES string of the molecule is O=C(CC1C(O)OC(CO)[C@@H](O[C@@H]2OC(CO)[C@H](O)[C@H](O)C2O)[C@@H]1O)OCc1ccccc1. The number of aliphatic hydroxyl groups is 7. The van der Waals surface area contributed by atoms with Crippen LogP contribution >= 0.6 is 0 Å². The van der Waals surface area contributed by atoms with E-state index in [0.717, 1.165) is 5.56 Å². The fourth-order valence-electron chi connectivity index (χ4n) is 3.85. The number of esters is 1. The van der Waals surface area contributed by atoms with E-state index < -0.39 is 86.8 Å². The summed E-state index contributed by atoms with van der Waals surface area (Å²) in [6, 6.07) is 8.89. The molecule has 7 N–H and O–H groups in total. The third-order valence-corrected chi connectivity index (χ3v) is 5.79. The summed E-state index contributed by atoms with van der Waals surface area (Å²) in [5.74, 6) is -1.93. The Labute approximate surface area is 189 Å². The van der Waals surface area contributed by atoms with Gasteiger partial charge in [-0.1, -0.05) is 30.3 Å². The summed E-state index contributed by atoms with van der Waals surface area (Å²) < 4.78 is 21.3. The molecule has 33 heavy (non-hydrogen) atoms. The summed E-state index contributed by atoms with van der Waals surface area (Å²) >= 11 is 0. The van der Waals surface area contributed by atoms with E-state index in [1.807, 2.05) is 6.07 Å². The first-order valence-electron chi connectivity index (χ1n) is 10.5. The number of hydrogen-bond donors (Lipinski definition) is 7. The molecule has 2 aliphatic heterocycles. The molecule has 2 heterocycles. The Hall–Kier alpha value is -1.71. The van der Waals surface area contributed by atoms with Gasteiger partial charge in [0.1, 0.15) is 43.2 Å². The van der Waals surface area contributed by atoms with E-state index in [-0.39, 0.29) is 6.61 Å². The Morgan fingerprint density at radius 1 is 0.848 bits per heavy atom. The lowest BCUT2D eigenvalue weighted by Gasteiger charge is -2.46. The topological polar surface area (TPSA) is 196 Å². The maximum absolute atomic E-state index is 12.3. The Morgan fingerprint density at radius 2 is 1.52 bits per heavy atom. The Morgan fingerprint density at radius 3 is 2.15 bits per heavy atom. The van der Waals surface area contributed by atoms with Crippen molar-refractivity contribution >= 4 is 5.97 Å². The van der Waals surface area contributed by atoms with Crippen LogP contribution < -0.4 is 0 Å². The second-order valence-electron chi connectivity index (χ2n) is 8.05. The van der Waals surface area contributed by atoms with Crippen LogP contribution in [0.1, 0.15) is 12.0 Å². The zero-order valence-electron chi connectivity index (χ0n) is 17.7. The summed E-state index contributed by atoms with van der Waals surface area (Å²) in [4.78, 5) is 12.3. The third-order valence-electron chi connectivity index (χ3n) is 5.79. The van der Waals surface area contributed by atoms with Crippen molar-refractivity contribution in [2.24, 2.45) is 5.92 Å². The van der Waals surface area contributed by atoms with Gasteiger partial charge in [0.05, 0.1) is 25.7 Å². The lowest BCUT2D eigenvalue weighted by Crippen LogP contribution is -2.63. The molecule has 186 valence electrons. The molecule has 0 bridgehead atoms. The van der Waals surface area contributed by atoms with Crippen molar-refractivity contribution in [3.8, 4) is 0 Å². The van der Waals surface area contributed by atoms with Gasteiger partial charge in [0.25, 0.3) is 0 Å². The van der Waals surface area contributed by atoms with Crippen molar-refractivity contribution in [2.45, 2.75) is 68.3 Å². The minimum Gasteiger partial charge on any atom is -0.461 e.